The fourth-order valence-electron chi connectivity index (χ4n) is 1.85. The molecule has 2 heteroatoms. The van der Waals surface area contributed by atoms with E-state index in [1.54, 1.807) is 0 Å². The Morgan fingerprint density at radius 3 is 2.31 bits per heavy atom. The molecule has 1 amide bonds. The first-order chi connectivity index (χ1) is 7.66. The summed E-state index contributed by atoms with van der Waals surface area (Å²) < 4.78 is 0. The zero-order valence-corrected chi connectivity index (χ0v) is 9.36. The van der Waals surface area contributed by atoms with Crippen LogP contribution in [0.15, 0.2) is 42.0 Å². The van der Waals surface area contributed by atoms with Crippen molar-refractivity contribution in [2.24, 2.45) is 5.73 Å². The van der Waals surface area contributed by atoms with Crippen molar-refractivity contribution in [3.8, 4) is 0 Å². The number of allylic oxidation sites excluding steroid dienone is 3. The van der Waals surface area contributed by atoms with Gasteiger partial charge >= 0.3 is 0 Å². The third-order valence-corrected chi connectivity index (χ3v) is 2.89. The van der Waals surface area contributed by atoms with Gasteiger partial charge in [-0.1, -0.05) is 42.0 Å². The predicted molar refractivity (Wildman–Crippen MR) is 65.7 cm³/mol. The second kappa shape index (κ2) is 4.35. The van der Waals surface area contributed by atoms with Gasteiger partial charge in [-0.3, -0.25) is 4.79 Å². The molecular formula is C14H15NO. The van der Waals surface area contributed by atoms with Crippen LogP contribution in [-0.2, 0) is 4.79 Å². The van der Waals surface area contributed by atoms with Crippen LogP contribution in [0.5, 0.6) is 0 Å². The lowest BCUT2D eigenvalue weighted by atomic mass is 9.93. The molecule has 2 rings (SSSR count). The molecule has 2 nitrogen and oxygen atoms in total. The van der Waals surface area contributed by atoms with Crippen LogP contribution in [0, 0.1) is 6.92 Å². The Morgan fingerprint density at radius 1 is 1.12 bits per heavy atom. The van der Waals surface area contributed by atoms with E-state index >= 15 is 0 Å². The summed E-state index contributed by atoms with van der Waals surface area (Å²) in [5.74, 6) is -0.306. The Morgan fingerprint density at radius 2 is 1.81 bits per heavy atom. The zero-order valence-electron chi connectivity index (χ0n) is 9.36. The van der Waals surface area contributed by atoms with Crippen LogP contribution in [0.2, 0.25) is 0 Å². The third kappa shape index (κ3) is 2.22. The molecule has 1 aromatic carbocycles. The van der Waals surface area contributed by atoms with Gasteiger partial charge in [0.05, 0.1) is 0 Å². The molecule has 0 aliphatic heterocycles. The molecule has 0 aromatic heterocycles. The topological polar surface area (TPSA) is 43.1 Å². The highest BCUT2D eigenvalue weighted by Crippen LogP contribution is 2.26. The molecule has 0 bridgehead atoms. The number of aryl methyl sites for hydroxylation is 1. The lowest BCUT2D eigenvalue weighted by molar-refractivity contribution is -0.114. The van der Waals surface area contributed by atoms with E-state index in [4.69, 9.17) is 5.73 Å². The van der Waals surface area contributed by atoms with E-state index in [1.165, 1.54) is 16.7 Å². The van der Waals surface area contributed by atoms with Crippen molar-refractivity contribution < 1.29 is 4.79 Å². The quantitative estimate of drug-likeness (QED) is 0.806. The van der Waals surface area contributed by atoms with E-state index in [-0.39, 0.29) is 5.91 Å². The van der Waals surface area contributed by atoms with Gasteiger partial charge in [0.1, 0.15) is 0 Å². The predicted octanol–water partition coefficient (Wildman–Crippen LogP) is 2.58. The molecule has 82 valence electrons. The fraction of sp³-hybridized carbons (Fsp3) is 0.214. The van der Waals surface area contributed by atoms with E-state index < -0.39 is 0 Å². The summed E-state index contributed by atoms with van der Waals surface area (Å²) in [6, 6.07) is 8.43. The molecule has 0 atom stereocenters. The van der Waals surface area contributed by atoms with Crippen molar-refractivity contribution in [3.63, 3.8) is 0 Å². The van der Waals surface area contributed by atoms with Gasteiger partial charge in [-0.05, 0) is 30.9 Å². The molecule has 1 aliphatic carbocycles. The largest absolute Gasteiger partial charge is 0.366 e. The summed E-state index contributed by atoms with van der Waals surface area (Å²) in [5, 5.41) is 0. The van der Waals surface area contributed by atoms with Crippen molar-refractivity contribution in [1.82, 2.24) is 0 Å². The first kappa shape index (κ1) is 10.7. The summed E-state index contributed by atoms with van der Waals surface area (Å²) in [6.07, 6.45) is 5.46. The van der Waals surface area contributed by atoms with Gasteiger partial charge in [-0.25, -0.2) is 0 Å². The molecule has 0 saturated heterocycles. The minimum absolute atomic E-state index is 0.306. The van der Waals surface area contributed by atoms with E-state index in [1.807, 2.05) is 12.2 Å². The first-order valence-electron chi connectivity index (χ1n) is 5.43. The van der Waals surface area contributed by atoms with Crippen LogP contribution >= 0.6 is 0 Å². The van der Waals surface area contributed by atoms with Crippen LogP contribution in [-0.4, -0.2) is 5.91 Å². The molecule has 0 saturated carbocycles. The maximum atomic E-state index is 11.0. The zero-order chi connectivity index (χ0) is 11.5. The molecule has 1 aliphatic rings. The highest BCUT2D eigenvalue weighted by atomic mass is 16.1. The van der Waals surface area contributed by atoms with Crippen LogP contribution in [0.25, 0.3) is 5.57 Å². The number of carbonyl (C=O) groups excluding carboxylic acids is 1. The lowest BCUT2D eigenvalue weighted by Gasteiger charge is -2.13. The maximum absolute atomic E-state index is 11.0. The summed E-state index contributed by atoms with van der Waals surface area (Å²) in [7, 11) is 0. The van der Waals surface area contributed by atoms with Gasteiger partial charge in [0.25, 0.3) is 0 Å². The lowest BCUT2D eigenvalue weighted by Crippen LogP contribution is -2.15. The second-order valence-corrected chi connectivity index (χ2v) is 4.11. The van der Waals surface area contributed by atoms with Crippen LogP contribution in [0.4, 0.5) is 0 Å². The molecule has 0 radical (unpaired) electrons. The SMILES string of the molecule is Cc1ccc(C2=CC=C(C(N)=O)CC2)cc1. The molecule has 0 fully saturated rings. The normalized spacial score (nSPS) is 15.3. The van der Waals surface area contributed by atoms with Crippen molar-refractivity contribution in [1.29, 1.82) is 0 Å². The van der Waals surface area contributed by atoms with Gasteiger partial charge in [0.15, 0.2) is 0 Å². The number of rotatable bonds is 2. The molecule has 0 heterocycles. The van der Waals surface area contributed by atoms with Gasteiger partial charge in [0.2, 0.25) is 5.91 Å². The van der Waals surface area contributed by atoms with Crippen molar-refractivity contribution >= 4 is 11.5 Å². The van der Waals surface area contributed by atoms with E-state index in [2.05, 4.69) is 31.2 Å². The standard InChI is InChI=1S/C14H15NO/c1-10-2-4-11(5-3-10)12-6-8-13(9-7-12)14(15)16/h2-6,8H,7,9H2,1H3,(H2,15,16). The van der Waals surface area contributed by atoms with Crippen LogP contribution in [0.3, 0.4) is 0 Å². The van der Waals surface area contributed by atoms with Crippen molar-refractivity contribution in [3.05, 3.63) is 53.1 Å². The molecular weight excluding hydrogens is 198 g/mol. The highest BCUT2D eigenvalue weighted by Gasteiger charge is 2.11. The summed E-state index contributed by atoms with van der Waals surface area (Å²) in [4.78, 5) is 11.0. The van der Waals surface area contributed by atoms with Crippen molar-refractivity contribution in [2.75, 3.05) is 0 Å². The Hall–Kier alpha value is -1.83. The monoisotopic (exact) mass is 213 g/mol. The second-order valence-electron chi connectivity index (χ2n) is 4.11. The van der Waals surface area contributed by atoms with Gasteiger partial charge < -0.3 is 5.73 Å². The maximum Gasteiger partial charge on any atom is 0.244 e. The number of hydrogen-bond acceptors (Lipinski definition) is 1. The average Bonchev–Trinajstić information content (AvgIpc) is 2.30. The smallest absolute Gasteiger partial charge is 0.244 e. The fourth-order valence-corrected chi connectivity index (χ4v) is 1.85. The number of hydrogen-bond donors (Lipinski definition) is 1. The Bertz CT molecular complexity index is 466. The number of carbonyl (C=O) groups is 1. The Kier molecular flexibility index (Phi) is 2.91. The molecule has 0 spiro atoms. The Balaban J connectivity index is 2.24. The Labute approximate surface area is 95.5 Å². The van der Waals surface area contributed by atoms with Crippen LogP contribution in [0.1, 0.15) is 24.0 Å². The molecule has 0 unspecified atom stereocenters. The van der Waals surface area contributed by atoms with E-state index in [9.17, 15) is 4.79 Å². The first-order valence-corrected chi connectivity index (χ1v) is 5.43. The average molecular weight is 213 g/mol. The van der Waals surface area contributed by atoms with E-state index in [0.29, 0.717) is 0 Å². The number of nitrogens with two attached hydrogens (primary N) is 1. The molecule has 16 heavy (non-hydrogen) atoms. The third-order valence-electron chi connectivity index (χ3n) is 2.89. The van der Waals surface area contributed by atoms with Gasteiger partial charge in [-0.2, -0.15) is 0 Å². The molecule has 1 aromatic rings. The van der Waals surface area contributed by atoms with Crippen molar-refractivity contribution in [2.45, 2.75) is 19.8 Å². The number of amides is 1. The van der Waals surface area contributed by atoms with Gasteiger partial charge in [0, 0.05) is 5.57 Å². The van der Waals surface area contributed by atoms with E-state index in [0.717, 1.165) is 18.4 Å². The summed E-state index contributed by atoms with van der Waals surface area (Å²) in [5.41, 5.74) is 9.71. The van der Waals surface area contributed by atoms with Gasteiger partial charge in [-0.15, -0.1) is 0 Å². The number of primary amides is 1. The summed E-state index contributed by atoms with van der Waals surface area (Å²) >= 11 is 0. The minimum atomic E-state index is -0.306. The van der Waals surface area contributed by atoms with Crippen LogP contribution < -0.4 is 5.73 Å². The number of benzene rings is 1. The molecule has 2 N–H and O–H groups in total. The minimum Gasteiger partial charge on any atom is -0.366 e. The highest BCUT2D eigenvalue weighted by molar-refractivity contribution is 5.93. The summed E-state index contributed by atoms with van der Waals surface area (Å²) in [6.45, 7) is 2.07.